The zero-order valence-corrected chi connectivity index (χ0v) is 22.5. The fourth-order valence-corrected chi connectivity index (χ4v) is 3.85. The molecule has 0 aliphatic carbocycles. The Bertz CT molecular complexity index is 870. The molecule has 1 aliphatic heterocycles. The van der Waals surface area contributed by atoms with Gasteiger partial charge in [-0.15, -0.1) is 24.0 Å². The summed E-state index contributed by atoms with van der Waals surface area (Å²) in [4.78, 5) is 11.3. The molecule has 0 amide bonds. The molecule has 0 radical (unpaired) electrons. The van der Waals surface area contributed by atoms with Crippen LogP contribution in [0.25, 0.3) is 0 Å². The van der Waals surface area contributed by atoms with Crippen LogP contribution in [-0.4, -0.2) is 72.1 Å². The summed E-state index contributed by atoms with van der Waals surface area (Å²) in [5, 5.41) is 11.5. The number of aryl methyl sites for hydroxylation is 1. The number of guanidine groups is 1. The first kappa shape index (κ1) is 27.3. The van der Waals surface area contributed by atoms with Crippen molar-refractivity contribution in [3.05, 3.63) is 41.5 Å². The minimum atomic E-state index is 0. The van der Waals surface area contributed by atoms with Crippen molar-refractivity contribution in [2.45, 2.75) is 52.4 Å². The molecule has 10 heteroatoms. The third-order valence-corrected chi connectivity index (χ3v) is 5.72. The molecule has 9 nitrogen and oxygen atoms in total. The first-order chi connectivity index (χ1) is 15.7. The fourth-order valence-electron chi connectivity index (χ4n) is 3.85. The first-order valence-electron chi connectivity index (χ1n) is 11.5. The summed E-state index contributed by atoms with van der Waals surface area (Å²) < 4.78 is 13.2. The van der Waals surface area contributed by atoms with Crippen molar-refractivity contribution in [1.29, 1.82) is 0 Å². The van der Waals surface area contributed by atoms with E-state index in [9.17, 15) is 0 Å². The molecule has 1 unspecified atom stereocenters. The number of likely N-dealkylation sites (N-methyl/N-ethyl adjacent to an activating group) is 1. The van der Waals surface area contributed by atoms with E-state index in [2.05, 4.69) is 50.5 Å². The van der Waals surface area contributed by atoms with Gasteiger partial charge in [0, 0.05) is 45.3 Å². The van der Waals surface area contributed by atoms with E-state index in [1.54, 1.807) is 14.2 Å². The number of nitrogens with one attached hydrogen (secondary N) is 2. The number of hydrogen-bond acceptors (Lipinski definition) is 6. The SMILES string of the molecule is CCN(CC)CCOc1ccccc1CNC(=NC)NC1CCc2nc(COC)nn2C1.I. The summed E-state index contributed by atoms with van der Waals surface area (Å²) in [6.07, 6.45) is 1.87. The molecule has 0 fully saturated rings. The first-order valence-corrected chi connectivity index (χ1v) is 11.5. The number of benzene rings is 1. The van der Waals surface area contributed by atoms with E-state index < -0.39 is 0 Å². The van der Waals surface area contributed by atoms with Crippen molar-refractivity contribution in [2.75, 3.05) is 40.4 Å². The third-order valence-electron chi connectivity index (χ3n) is 5.72. The number of ether oxygens (including phenoxy) is 2. The number of para-hydroxylation sites is 1. The average molecular weight is 572 g/mol. The highest BCUT2D eigenvalue weighted by Crippen LogP contribution is 2.18. The van der Waals surface area contributed by atoms with Gasteiger partial charge in [-0.3, -0.25) is 4.99 Å². The molecule has 0 saturated carbocycles. The number of hydrogen-bond donors (Lipinski definition) is 2. The number of aliphatic imine (C=N–C) groups is 1. The van der Waals surface area contributed by atoms with E-state index in [4.69, 9.17) is 9.47 Å². The van der Waals surface area contributed by atoms with Gasteiger partial charge in [0.25, 0.3) is 0 Å². The maximum Gasteiger partial charge on any atom is 0.191 e. The molecule has 1 atom stereocenters. The highest BCUT2D eigenvalue weighted by atomic mass is 127. The van der Waals surface area contributed by atoms with Gasteiger partial charge in [0.05, 0.1) is 6.54 Å². The molecular formula is C23H38IN7O2. The van der Waals surface area contributed by atoms with Crippen LogP contribution in [0.1, 0.15) is 37.5 Å². The van der Waals surface area contributed by atoms with Crippen molar-refractivity contribution >= 4 is 29.9 Å². The molecule has 2 aromatic rings. The van der Waals surface area contributed by atoms with Gasteiger partial charge in [0.2, 0.25) is 0 Å². The fraction of sp³-hybridized carbons (Fsp3) is 0.609. The number of halogens is 1. The molecule has 2 heterocycles. The van der Waals surface area contributed by atoms with Crippen molar-refractivity contribution < 1.29 is 9.47 Å². The number of aromatic nitrogens is 3. The topological polar surface area (TPSA) is 88.8 Å². The quantitative estimate of drug-likeness (QED) is 0.244. The van der Waals surface area contributed by atoms with Gasteiger partial charge >= 0.3 is 0 Å². The van der Waals surface area contributed by atoms with Crippen molar-refractivity contribution in [1.82, 2.24) is 30.3 Å². The average Bonchev–Trinajstić information content (AvgIpc) is 3.22. The Morgan fingerprint density at radius 3 is 2.79 bits per heavy atom. The molecule has 1 aromatic carbocycles. The van der Waals surface area contributed by atoms with Crippen LogP contribution >= 0.6 is 24.0 Å². The Labute approximate surface area is 214 Å². The smallest absolute Gasteiger partial charge is 0.191 e. The highest BCUT2D eigenvalue weighted by molar-refractivity contribution is 14.0. The van der Waals surface area contributed by atoms with Crippen LogP contribution in [0, 0.1) is 0 Å². The molecule has 0 spiro atoms. The van der Waals surface area contributed by atoms with Gasteiger partial charge in [-0.25, -0.2) is 9.67 Å². The van der Waals surface area contributed by atoms with Crippen molar-refractivity contribution in [3.8, 4) is 5.75 Å². The summed E-state index contributed by atoms with van der Waals surface area (Å²) in [5.74, 6) is 3.45. The highest BCUT2D eigenvalue weighted by Gasteiger charge is 2.22. The van der Waals surface area contributed by atoms with E-state index in [0.29, 0.717) is 19.8 Å². The van der Waals surface area contributed by atoms with Gasteiger partial charge in [-0.05, 0) is 25.6 Å². The van der Waals surface area contributed by atoms with Crippen LogP contribution in [-0.2, 0) is 30.9 Å². The lowest BCUT2D eigenvalue weighted by molar-refractivity contribution is 0.177. The van der Waals surface area contributed by atoms with Crippen molar-refractivity contribution in [2.24, 2.45) is 4.99 Å². The second kappa shape index (κ2) is 14.4. The lowest BCUT2D eigenvalue weighted by Gasteiger charge is -2.25. The lowest BCUT2D eigenvalue weighted by atomic mass is 10.1. The van der Waals surface area contributed by atoms with Gasteiger partial charge in [0.1, 0.15) is 24.8 Å². The van der Waals surface area contributed by atoms with E-state index in [0.717, 1.165) is 67.9 Å². The van der Waals surface area contributed by atoms with Gasteiger partial charge in [-0.2, -0.15) is 5.10 Å². The molecule has 1 aliphatic rings. The van der Waals surface area contributed by atoms with Crippen LogP contribution in [0.3, 0.4) is 0 Å². The van der Waals surface area contributed by atoms with Crippen LogP contribution in [0.4, 0.5) is 0 Å². The molecule has 2 N–H and O–H groups in total. The van der Waals surface area contributed by atoms with Crippen LogP contribution < -0.4 is 15.4 Å². The predicted octanol–water partition coefficient (Wildman–Crippen LogP) is 2.44. The molecule has 0 bridgehead atoms. The van der Waals surface area contributed by atoms with Gasteiger partial charge < -0.3 is 25.0 Å². The molecule has 33 heavy (non-hydrogen) atoms. The summed E-state index contributed by atoms with van der Waals surface area (Å²) in [5.41, 5.74) is 1.11. The minimum absolute atomic E-state index is 0. The lowest BCUT2D eigenvalue weighted by Crippen LogP contribution is -2.46. The van der Waals surface area contributed by atoms with E-state index in [1.807, 2.05) is 22.9 Å². The zero-order valence-electron chi connectivity index (χ0n) is 20.2. The molecule has 3 rings (SSSR count). The summed E-state index contributed by atoms with van der Waals surface area (Å²) >= 11 is 0. The number of fused-ring (bicyclic) bond motifs is 1. The molecule has 184 valence electrons. The normalized spacial score (nSPS) is 15.7. The Hall–Kier alpha value is -1.92. The van der Waals surface area contributed by atoms with Gasteiger partial charge in [0.15, 0.2) is 11.8 Å². The van der Waals surface area contributed by atoms with Crippen LogP contribution in [0.5, 0.6) is 5.75 Å². The van der Waals surface area contributed by atoms with Crippen molar-refractivity contribution in [3.63, 3.8) is 0 Å². The largest absolute Gasteiger partial charge is 0.492 e. The van der Waals surface area contributed by atoms with Crippen LogP contribution in [0.15, 0.2) is 29.3 Å². The van der Waals surface area contributed by atoms with Gasteiger partial charge in [-0.1, -0.05) is 32.0 Å². The van der Waals surface area contributed by atoms with E-state index in [1.165, 1.54) is 0 Å². The summed E-state index contributed by atoms with van der Waals surface area (Å²) in [6, 6.07) is 8.41. The Balaban J connectivity index is 0.00000385. The Kier molecular flexibility index (Phi) is 11.9. The third kappa shape index (κ3) is 8.11. The number of rotatable bonds is 11. The maximum absolute atomic E-state index is 6.08. The molecule has 0 saturated heterocycles. The second-order valence-electron chi connectivity index (χ2n) is 7.85. The molecular weight excluding hydrogens is 533 g/mol. The maximum atomic E-state index is 6.08. The summed E-state index contributed by atoms with van der Waals surface area (Å²) in [7, 11) is 3.45. The summed E-state index contributed by atoms with van der Waals surface area (Å²) in [6.45, 7) is 9.88. The predicted molar refractivity (Wildman–Crippen MR) is 141 cm³/mol. The number of methoxy groups -OCH3 is 1. The molecule has 1 aromatic heterocycles. The second-order valence-corrected chi connectivity index (χ2v) is 7.85. The van der Waals surface area contributed by atoms with E-state index >= 15 is 0 Å². The standard InChI is InChI=1S/C23H37N7O2.HI/c1-5-29(6-2)13-14-32-20-10-8-7-9-18(20)15-25-23(24-3)26-19-11-12-22-27-21(17-31-4)28-30(22)16-19;/h7-10,19H,5-6,11-17H2,1-4H3,(H2,24,25,26);1H. The Morgan fingerprint density at radius 2 is 2.06 bits per heavy atom. The Morgan fingerprint density at radius 1 is 1.27 bits per heavy atom. The van der Waals surface area contributed by atoms with Crippen LogP contribution in [0.2, 0.25) is 0 Å². The minimum Gasteiger partial charge on any atom is -0.492 e. The zero-order chi connectivity index (χ0) is 22.8. The monoisotopic (exact) mass is 571 g/mol. The number of nitrogens with zero attached hydrogens (tertiary/aromatic N) is 5. The van der Waals surface area contributed by atoms with E-state index in [-0.39, 0.29) is 30.0 Å².